The first-order valence-corrected chi connectivity index (χ1v) is 14.8. The van der Waals surface area contributed by atoms with Gasteiger partial charge in [0.2, 0.25) is 5.91 Å². The van der Waals surface area contributed by atoms with Crippen molar-refractivity contribution in [2.45, 2.75) is 143 Å². The number of carbonyl (C=O) groups is 1. The van der Waals surface area contributed by atoms with Gasteiger partial charge in [-0.1, -0.05) is 96.1 Å². The second kappa shape index (κ2) is 21.0. The summed E-state index contributed by atoms with van der Waals surface area (Å²) in [5, 5.41) is 6.53. The van der Waals surface area contributed by atoms with E-state index in [0.29, 0.717) is 6.17 Å². The molecule has 1 rings (SSSR count). The third kappa shape index (κ3) is 14.9. The monoisotopic (exact) mass is 476 g/mol. The highest BCUT2D eigenvalue weighted by Gasteiger charge is 2.36. The zero-order valence-corrected chi connectivity index (χ0v) is 23.1. The molecule has 0 saturated carbocycles. The molecular weight excluding hydrogens is 418 g/mol. The van der Waals surface area contributed by atoms with Crippen molar-refractivity contribution in [3.8, 4) is 0 Å². The van der Waals surface area contributed by atoms with E-state index in [9.17, 15) is 4.79 Å². The van der Waals surface area contributed by atoms with Crippen LogP contribution in [0, 0.1) is 0 Å². The highest BCUT2D eigenvalue weighted by molar-refractivity contribution is 5.72. The molecular formula is C30H58N3O+. The Bertz CT molecular complexity index is 545. The molecule has 0 radical (unpaired) electrons. The molecule has 2 unspecified atom stereocenters. The van der Waals surface area contributed by atoms with E-state index in [1.54, 1.807) is 6.92 Å². The van der Waals surface area contributed by atoms with Gasteiger partial charge in [0.15, 0.2) is 6.17 Å². The van der Waals surface area contributed by atoms with Crippen molar-refractivity contribution in [1.29, 1.82) is 0 Å². The zero-order chi connectivity index (χ0) is 24.7. The van der Waals surface area contributed by atoms with E-state index in [1.165, 1.54) is 116 Å². The van der Waals surface area contributed by atoms with E-state index in [4.69, 9.17) is 0 Å². The summed E-state index contributed by atoms with van der Waals surface area (Å²) in [4.78, 5) is 11.2. The lowest BCUT2D eigenvalue weighted by molar-refractivity contribution is -0.898. The topological polar surface area (TPSA) is 41.1 Å². The molecule has 0 aromatic heterocycles. The van der Waals surface area contributed by atoms with Gasteiger partial charge in [-0.15, -0.1) is 0 Å². The highest BCUT2D eigenvalue weighted by Crippen LogP contribution is 2.23. The number of likely N-dealkylation sites (N-methyl/N-ethyl adjacent to an activating group) is 1. The van der Waals surface area contributed by atoms with Gasteiger partial charge in [0, 0.05) is 13.3 Å². The molecule has 2 N–H and O–H groups in total. The Morgan fingerprint density at radius 1 is 0.824 bits per heavy atom. The molecule has 0 aromatic rings. The van der Waals surface area contributed by atoms with E-state index >= 15 is 0 Å². The fraction of sp³-hybridized carbons (Fsp3) is 0.833. The van der Waals surface area contributed by atoms with Crippen LogP contribution in [0.2, 0.25) is 0 Å². The van der Waals surface area contributed by atoms with Crippen molar-refractivity contribution in [3.05, 3.63) is 24.6 Å². The summed E-state index contributed by atoms with van der Waals surface area (Å²) in [6.45, 7) is 8.93. The summed E-state index contributed by atoms with van der Waals surface area (Å²) in [5.41, 5.74) is 0. The SMILES string of the molecule is CCCCCCCCCC/C=C/CCCCCCCCCC1NC=C[N+]1(CC)CCNC(C)=O. The van der Waals surface area contributed by atoms with Crippen molar-refractivity contribution in [3.63, 3.8) is 0 Å². The summed E-state index contributed by atoms with van der Waals surface area (Å²) in [6.07, 6.45) is 34.3. The number of hydrogen-bond acceptors (Lipinski definition) is 2. The molecule has 0 bridgehead atoms. The number of nitrogens with zero attached hydrogens (tertiary/aromatic N) is 1. The average molecular weight is 477 g/mol. The predicted octanol–water partition coefficient (Wildman–Crippen LogP) is 7.96. The standard InChI is InChI=1S/C30H57N3O/c1-4-6-7-8-9-10-11-12-13-14-15-16-17-18-19-20-21-22-23-24-30-32-26-28-33(30,5-2)27-25-31-29(3)34/h14-15,26,28,30,32H,4-13,16-25,27H2,1-3H3/p+1/b15-14+. The molecule has 34 heavy (non-hydrogen) atoms. The zero-order valence-electron chi connectivity index (χ0n) is 23.1. The Hall–Kier alpha value is -1.29. The molecule has 1 aliphatic heterocycles. The smallest absolute Gasteiger partial charge is 0.217 e. The number of hydrogen-bond donors (Lipinski definition) is 2. The van der Waals surface area contributed by atoms with Gasteiger partial charge in [-0.3, -0.25) is 9.28 Å². The van der Waals surface area contributed by atoms with Gasteiger partial charge in [0.1, 0.15) is 12.7 Å². The fourth-order valence-corrected chi connectivity index (χ4v) is 5.17. The highest BCUT2D eigenvalue weighted by atomic mass is 16.1. The van der Waals surface area contributed by atoms with Crippen molar-refractivity contribution < 1.29 is 9.28 Å². The van der Waals surface area contributed by atoms with E-state index < -0.39 is 0 Å². The Kier molecular flexibility index (Phi) is 19.0. The van der Waals surface area contributed by atoms with Crippen LogP contribution in [0.5, 0.6) is 0 Å². The summed E-state index contributed by atoms with van der Waals surface area (Å²) in [6, 6.07) is 0. The summed E-state index contributed by atoms with van der Waals surface area (Å²) in [7, 11) is 0. The van der Waals surface area contributed by atoms with Crippen LogP contribution < -0.4 is 10.6 Å². The quantitative estimate of drug-likeness (QED) is 0.0892. The van der Waals surface area contributed by atoms with Gasteiger partial charge < -0.3 is 10.6 Å². The minimum Gasteiger partial charge on any atom is -0.351 e. The molecule has 4 nitrogen and oxygen atoms in total. The van der Waals surface area contributed by atoms with E-state index in [2.05, 4.69) is 49.0 Å². The Morgan fingerprint density at radius 2 is 1.35 bits per heavy atom. The molecule has 0 aromatic carbocycles. The lowest BCUT2D eigenvalue weighted by Gasteiger charge is -2.37. The first kappa shape index (κ1) is 30.7. The number of carbonyl (C=O) groups excluding carboxylic acids is 1. The second-order valence-electron chi connectivity index (χ2n) is 10.4. The number of nitrogens with one attached hydrogen (secondary N) is 2. The normalized spacial score (nSPS) is 19.7. The van der Waals surface area contributed by atoms with Gasteiger partial charge >= 0.3 is 0 Å². The van der Waals surface area contributed by atoms with Crippen LogP contribution in [0.1, 0.15) is 136 Å². The van der Waals surface area contributed by atoms with Crippen LogP contribution in [0.4, 0.5) is 0 Å². The van der Waals surface area contributed by atoms with Crippen LogP contribution >= 0.6 is 0 Å². The summed E-state index contributed by atoms with van der Waals surface area (Å²) in [5.74, 6) is 0.0664. The average Bonchev–Trinajstić information content (AvgIpc) is 3.23. The molecule has 2 atom stereocenters. The Labute approximate surface area is 212 Å². The molecule has 198 valence electrons. The van der Waals surface area contributed by atoms with Crippen LogP contribution in [0.15, 0.2) is 24.6 Å². The number of quaternary nitrogens is 1. The molecule has 4 heteroatoms. The maximum atomic E-state index is 11.2. The minimum absolute atomic E-state index is 0.0664. The predicted molar refractivity (Wildman–Crippen MR) is 148 cm³/mol. The maximum Gasteiger partial charge on any atom is 0.217 e. The molecule has 0 fully saturated rings. The molecule has 0 saturated heterocycles. The first-order chi connectivity index (χ1) is 16.6. The van der Waals surface area contributed by atoms with E-state index in [-0.39, 0.29) is 5.91 Å². The number of unbranched alkanes of at least 4 members (excludes halogenated alkanes) is 15. The molecule has 1 amide bonds. The summed E-state index contributed by atoms with van der Waals surface area (Å²) < 4.78 is 0.951. The van der Waals surface area contributed by atoms with Gasteiger partial charge in [-0.2, -0.15) is 0 Å². The van der Waals surface area contributed by atoms with Gasteiger partial charge in [-0.05, 0) is 39.0 Å². The Morgan fingerprint density at radius 3 is 1.88 bits per heavy atom. The van der Waals surface area contributed by atoms with E-state index in [0.717, 1.165) is 24.1 Å². The van der Waals surface area contributed by atoms with Crippen LogP contribution in [-0.4, -0.2) is 36.2 Å². The first-order valence-electron chi connectivity index (χ1n) is 14.8. The molecule has 1 heterocycles. The van der Waals surface area contributed by atoms with Crippen molar-refractivity contribution in [1.82, 2.24) is 10.6 Å². The van der Waals surface area contributed by atoms with Gasteiger partial charge in [-0.25, -0.2) is 0 Å². The van der Waals surface area contributed by atoms with E-state index in [1.807, 2.05) is 0 Å². The third-order valence-electron chi connectivity index (χ3n) is 7.51. The van der Waals surface area contributed by atoms with Gasteiger partial charge in [0.25, 0.3) is 0 Å². The molecule has 0 aliphatic carbocycles. The molecule has 0 spiro atoms. The lowest BCUT2D eigenvalue weighted by atomic mass is 10.1. The maximum absolute atomic E-state index is 11.2. The lowest BCUT2D eigenvalue weighted by Crippen LogP contribution is -2.55. The Balaban J connectivity index is 1.92. The van der Waals surface area contributed by atoms with Crippen molar-refractivity contribution in [2.75, 3.05) is 19.6 Å². The summed E-state index contributed by atoms with van der Waals surface area (Å²) >= 11 is 0. The van der Waals surface area contributed by atoms with Crippen LogP contribution in [-0.2, 0) is 4.79 Å². The van der Waals surface area contributed by atoms with Crippen molar-refractivity contribution >= 4 is 5.91 Å². The number of rotatable bonds is 23. The van der Waals surface area contributed by atoms with Crippen LogP contribution in [0.3, 0.4) is 0 Å². The molecule has 1 aliphatic rings. The van der Waals surface area contributed by atoms with Gasteiger partial charge in [0.05, 0.1) is 19.3 Å². The second-order valence-corrected chi connectivity index (χ2v) is 10.4. The number of allylic oxidation sites excluding steroid dienone is 2. The third-order valence-corrected chi connectivity index (χ3v) is 7.51. The minimum atomic E-state index is 0.0664. The van der Waals surface area contributed by atoms with Crippen LogP contribution in [0.25, 0.3) is 0 Å². The fourth-order valence-electron chi connectivity index (χ4n) is 5.17. The largest absolute Gasteiger partial charge is 0.351 e. The number of amides is 1. The van der Waals surface area contributed by atoms with Crippen molar-refractivity contribution in [2.24, 2.45) is 0 Å².